The second kappa shape index (κ2) is 5.79. The molecule has 0 aliphatic carbocycles. The summed E-state index contributed by atoms with van der Waals surface area (Å²) >= 11 is 0. The minimum Gasteiger partial charge on any atom is -0.331 e. The lowest BCUT2D eigenvalue weighted by Crippen LogP contribution is -2.34. The first-order valence-electron chi connectivity index (χ1n) is 7.64. The summed E-state index contributed by atoms with van der Waals surface area (Å²) < 4.78 is 0. The highest BCUT2D eigenvalue weighted by Crippen LogP contribution is 2.32. The molecule has 1 unspecified atom stereocenters. The summed E-state index contributed by atoms with van der Waals surface area (Å²) in [7, 11) is 0. The van der Waals surface area contributed by atoms with Gasteiger partial charge in [-0.2, -0.15) is 0 Å². The predicted molar refractivity (Wildman–Crippen MR) is 86.0 cm³/mol. The molecule has 1 aliphatic heterocycles. The average Bonchev–Trinajstić information content (AvgIpc) is 2.97. The van der Waals surface area contributed by atoms with Gasteiger partial charge in [0.2, 0.25) is 0 Å². The normalized spacial score (nSPS) is 17.7. The van der Waals surface area contributed by atoms with Crippen LogP contribution in [0.15, 0.2) is 41.2 Å². The summed E-state index contributed by atoms with van der Waals surface area (Å²) in [5.74, 6) is -0.177. The van der Waals surface area contributed by atoms with Gasteiger partial charge in [0.1, 0.15) is 5.56 Å². The second-order valence-electron chi connectivity index (χ2n) is 5.95. The van der Waals surface area contributed by atoms with Crippen molar-refractivity contribution >= 4 is 5.91 Å². The summed E-state index contributed by atoms with van der Waals surface area (Å²) in [4.78, 5) is 29.3. The minimum atomic E-state index is -0.306. The van der Waals surface area contributed by atoms with Crippen LogP contribution in [-0.2, 0) is 0 Å². The van der Waals surface area contributed by atoms with Gasteiger partial charge >= 0.3 is 0 Å². The molecule has 1 aromatic heterocycles. The molecule has 1 aliphatic rings. The maximum absolute atomic E-state index is 12.7. The Bertz CT molecular complexity index is 746. The predicted octanol–water partition coefficient (Wildman–Crippen LogP) is 2.97. The van der Waals surface area contributed by atoms with E-state index < -0.39 is 0 Å². The van der Waals surface area contributed by atoms with Crippen molar-refractivity contribution in [2.24, 2.45) is 0 Å². The number of hydrogen-bond donors (Lipinski definition) is 1. The molecule has 0 saturated carbocycles. The van der Waals surface area contributed by atoms with Crippen molar-refractivity contribution in [2.45, 2.75) is 32.7 Å². The van der Waals surface area contributed by atoms with Crippen LogP contribution in [0.1, 0.15) is 46.1 Å². The van der Waals surface area contributed by atoms with Crippen LogP contribution < -0.4 is 5.56 Å². The Hall–Kier alpha value is -2.36. The van der Waals surface area contributed by atoms with E-state index in [1.165, 1.54) is 5.56 Å². The lowest BCUT2D eigenvalue weighted by Gasteiger charge is -2.25. The molecule has 4 nitrogen and oxygen atoms in total. The lowest BCUT2D eigenvalue weighted by atomic mass is 10.0. The number of hydrogen-bond acceptors (Lipinski definition) is 2. The van der Waals surface area contributed by atoms with Crippen LogP contribution >= 0.6 is 0 Å². The van der Waals surface area contributed by atoms with Crippen LogP contribution in [0.5, 0.6) is 0 Å². The van der Waals surface area contributed by atoms with Crippen LogP contribution in [0.2, 0.25) is 0 Å². The van der Waals surface area contributed by atoms with Crippen molar-refractivity contribution in [1.29, 1.82) is 0 Å². The van der Waals surface area contributed by atoms with Crippen molar-refractivity contribution < 1.29 is 4.79 Å². The Labute approximate surface area is 129 Å². The SMILES string of the molecule is Cc1ccc(C2CCCN2C(=O)c2ccc(C)[nH]c2=O)cc1. The van der Waals surface area contributed by atoms with Crippen molar-refractivity contribution in [1.82, 2.24) is 9.88 Å². The second-order valence-corrected chi connectivity index (χ2v) is 5.95. The highest BCUT2D eigenvalue weighted by molar-refractivity contribution is 5.94. The van der Waals surface area contributed by atoms with E-state index in [1.807, 2.05) is 11.8 Å². The molecule has 114 valence electrons. The largest absolute Gasteiger partial charge is 0.331 e. The molecule has 1 amide bonds. The molecular formula is C18H20N2O2. The van der Waals surface area contributed by atoms with Gasteiger partial charge in [0.15, 0.2) is 0 Å². The lowest BCUT2D eigenvalue weighted by molar-refractivity contribution is 0.0734. The fraction of sp³-hybridized carbons (Fsp3) is 0.333. The third kappa shape index (κ3) is 2.69. The van der Waals surface area contributed by atoms with Gasteiger partial charge in [0, 0.05) is 12.2 Å². The van der Waals surface area contributed by atoms with Crippen LogP contribution in [0.4, 0.5) is 0 Å². The quantitative estimate of drug-likeness (QED) is 0.926. The Morgan fingerprint density at radius 2 is 1.86 bits per heavy atom. The van der Waals surface area contributed by atoms with Gasteiger partial charge in [-0.25, -0.2) is 0 Å². The highest BCUT2D eigenvalue weighted by Gasteiger charge is 2.31. The first kappa shape index (κ1) is 14.6. The number of aromatic nitrogens is 1. The van der Waals surface area contributed by atoms with Gasteiger partial charge in [0.05, 0.1) is 6.04 Å². The van der Waals surface area contributed by atoms with E-state index in [9.17, 15) is 9.59 Å². The fourth-order valence-electron chi connectivity index (χ4n) is 3.04. The molecular weight excluding hydrogens is 276 g/mol. The number of H-pyrrole nitrogens is 1. The molecule has 22 heavy (non-hydrogen) atoms. The zero-order chi connectivity index (χ0) is 15.7. The molecule has 0 bridgehead atoms. The third-order valence-corrected chi connectivity index (χ3v) is 4.26. The number of amides is 1. The number of pyridine rings is 1. The molecule has 2 heterocycles. The number of benzene rings is 1. The Balaban J connectivity index is 1.91. The molecule has 1 N–H and O–H groups in total. The standard InChI is InChI=1S/C18H20N2O2/c1-12-5-8-14(9-6-12)16-4-3-11-20(16)18(22)15-10-7-13(2)19-17(15)21/h5-10,16H,3-4,11H2,1-2H3,(H,19,21). The molecule has 0 radical (unpaired) electrons. The summed E-state index contributed by atoms with van der Waals surface area (Å²) in [6, 6.07) is 11.7. The van der Waals surface area contributed by atoms with Gasteiger partial charge in [-0.3, -0.25) is 9.59 Å². The van der Waals surface area contributed by atoms with Gasteiger partial charge in [-0.15, -0.1) is 0 Å². The van der Waals surface area contributed by atoms with Gasteiger partial charge < -0.3 is 9.88 Å². The molecule has 1 saturated heterocycles. The monoisotopic (exact) mass is 296 g/mol. The fourth-order valence-corrected chi connectivity index (χ4v) is 3.04. The topological polar surface area (TPSA) is 53.2 Å². The molecule has 4 heteroatoms. The van der Waals surface area contributed by atoms with Crippen molar-refractivity contribution in [3.8, 4) is 0 Å². The van der Waals surface area contributed by atoms with Gasteiger partial charge in [0.25, 0.3) is 11.5 Å². The maximum atomic E-state index is 12.7. The number of likely N-dealkylation sites (tertiary alicyclic amines) is 1. The summed E-state index contributed by atoms with van der Waals surface area (Å²) in [5, 5.41) is 0. The van der Waals surface area contributed by atoms with Crippen LogP contribution in [0, 0.1) is 13.8 Å². The first-order chi connectivity index (χ1) is 10.6. The van der Waals surface area contributed by atoms with Crippen LogP contribution in [0.25, 0.3) is 0 Å². The molecule has 0 spiro atoms. The number of aromatic amines is 1. The van der Waals surface area contributed by atoms with Crippen molar-refractivity contribution in [3.63, 3.8) is 0 Å². The third-order valence-electron chi connectivity index (χ3n) is 4.26. The smallest absolute Gasteiger partial charge is 0.260 e. The number of carbonyl (C=O) groups is 1. The van der Waals surface area contributed by atoms with E-state index in [2.05, 4.69) is 29.2 Å². The van der Waals surface area contributed by atoms with Crippen LogP contribution in [-0.4, -0.2) is 22.3 Å². The Morgan fingerprint density at radius 1 is 1.14 bits per heavy atom. The van der Waals surface area contributed by atoms with E-state index in [0.29, 0.717) is 6.54 Å². The maximum Gasteiger partial charge on any atom is 0.260 e. The van der Waals surface area contributed by atoms with Gasteiger partial charge in [-0.05, 0) is 44.4 Å². The van der Waals surface area contributed by atoms with Crippen molar-refractivity contribution in [2.75, 3.05) is 6.54 Å². The van der Waals surface area contributed by atoms with E-state index in [0.717, 1.165) is 24.1 Å². The number of rotatable bonds is 2. The number of nitrogens with zero attached hydrogens (tertiary/aromatic N) is 1. The molecule has 2 aromatic rings. The molecule has 1 fully saturated rings. The number of aryl methyl sites for hydroxylation is 2. The summed E-state index contributed by atoms with van der Waals surface area (Å²) in [6.07, 6.45) is 1.91. The zero-order valence-corrected chi connectivity index (χ0v) is 12.9. The van der Waals surface area contributed by atoms with E-state index in [4.69, 9.17) is 0 Å². The minimum absolute atomic E-state index is 0.0637. The molecule has 3 rings (SSSR count). The van der Waals surface area contributed by atoms with Crippen molar-refractivity contribution in [3.05, 3.63) is 69.1 Å². The van der Waals surface area contributed by atoms with E-state index >= 15 is 0 Å². The summed E-state index contributed by atoms with van der Waals surface area (Å²) in [6.45, 7) is 4.55. The highest BCUT2D eigenvalue weighted by atomic mass is 16.2. The zero-order valence-electron chi connectivity index (χ0n) is 12.9. The Morgan fingerprint density at radius 3 is 2.55 bits per heavy atom. The Kier molecular flexibility index (Phi) is 3.84. The van der Waals surface area contributed by atoms with E-state index in [1.54, 1.807) is 19.1 Å². The average molecular weight is 296 g/mol. The molecule has 1 aromatic carbocycles. The van der Waals surface area contributed by atoms with Crippen LogP contribution in [0.3, 0.4) is 0 Å². The van der Waals surface area contributed by atoms with Gasteiger partial charge in [-0.1, -0.05) is 29.8 Å². The number of carbonyl (C=O) groups excluding carboxylic acids is 1. The molecule has 1 atom stereocenters. The first-order valence-corrected chi connectivity index (χ1v) is 7.64. The van der Waals surface area contributed by atoms with E-state index in [-0.39, 0.29) is 23.1 Å². The number of nitrogens with one attached hydrogen (secondary N) is 1. The summed E-state index contributed by atoms with van der Waals surface area (Å²) in [5.41, 5.74) is 3.02.